The van der Waals surface area contributed by atoms with Crippen molar-refractivity contribution in [1.82, 2.24) is 5.32 Å². The molecule has 0 saturated heterocycles. The van der Waals surface area contributed by atoms with Crippen molar-refractivity contribution in [3.8, 4) is 5.75 Å². The minimum absolute atomic E-state index is 0.152. The number of nitrogens with one attached hydrogen (secondary N) is 1. The average molecular weight is 323 g/mol. The molecule has 126 valence electrons. The Morgan fingerprint density at radius 2 is 1.83 bits per heavy atom. The van der Waals surface area contributed by atoms with Gasteiger partial charge in [-0.05, 0) is 54.4 Å². The largest absolute Gasteiger partial charge is 0.497 e. The zero-order valence-electron chi connectivity index (χ0n) is 14.2. The number of amides is 1. The summed E-state index contributed by atoms with van der Waals surface area (Å²) in [4.78, 5) is 12.3. The molecule has 0 aliphatic heterocycles. The molecule has 1 amide bonds. The van der Waals surface area contributed by atoms with Crippen molar-refractivity contribution in [3.05, 3.63) is 65.7 Å². The van der Waals surface area contributed by atoms with Crippen LogP contribution < -0.4 is 10.1 Å². The lowest BCUT2D eigenvalue weighted by atomic mass is 9.90. The van der Waals surface area contributed by atoms with Gasteiger partial charge in [0.15, 0.2) is 0 Å². The molecule has 0 heterocycles. The van der Waals surface area contributed by atoms with Crippen molar-refractivity contribution in [2.24, 2.45) is 5.92 Å². The maximum Gasteiger partial charge on any atom is 0.220 e. The van der Waals surface area contributed by atoms with Gasteiger partial charge in [0.1, 0.15) is 5.75 Å². The molecule has 0 radical (unpaired) electrons. The zero-order valence-corrected chi connectivity index (χ0v) is 14.2. The van der Waals surface area contributed by atoms with Gasteiger partial charge in [0.05, 0.1) is 7.11 Å². The molecule has 3 nitrogen and oxygen atoms in total. The van der Waals surface area contributed by atoms with E-state index in [1.807, 2.05) is 30.3 Å². The van der Waals surface area contributed by atoms with Crippen molar-refractivity contribution in [1.29, 1.82) is 0 Å². The second kappa shape index (κ2) is 8.00. The third-order valence-corrected chi connectivity index (χ3v) is 4.72. The monoisotopic (exact) mass is 323 g/mol. The second-order valence-electron chi connectivity index (χ2n) is 6.51. The molecule has 24 heavy (non-hydrogen) atoms. The van der Waals surface area contributed by atoms with Crippen LogP contribution in [-0.4, -0.2) is 19.6 Å². The third-order valence-electron chi connectivity index (χ3n) is 4.72. The third kappa shape index (κ3) is 4.60. The normalized spacial score (nSPS) is 14.9. The van der Waals surface area contributed by atoms with Crippen molar-refractivity contribution in [2.45, 2.75) is 31.6 Å². The van der Waals surface area contributed by atoms with E-state index in [4.69, 9.17) is 4.74 Å². The van der Waals surface area contributed by atoms with Crippen molar-refractivity contribution >= 4 is 5.91 Å². The van der Waals surface area contributed by atoms with Crippen molar-refractivity contribution in [2.75, 3.05) is 13.7 Å². The van der Waals surface area contributed by atoms with Gasteiger partial charge in [-0.15, -0.1) is 0 Å². The minimum atomic E-state index is 0.152. The number of benzene rings is 2. The van der Waals surface area contributed by atoms with Gasteiger partial charge in [-0.3, -0.25) is 4.79 Å². The first kappa shape index (κ1) is 16.6. The highest BCUT2D eigenvalue weighted by Gasteiger charge is 2.33. The van der Waals surface area contributed by atoms with Gasteiger partial charge >= 0.3 is 0 Å². The Morgan fingerprint density at radius 1 is 1.12 bits per heavy atom. The van der Waals surface area contributed by atoms with Crippen LogP contribution in [0.5, 0.6) is 5.75 Å². The fourth-order valence-corrected chi connectivity index (χ4v) is 3.17. The van der Waals surface area contributed by atoms with Gasteiger partial charge in [0.25, 0.3) is 0 Å². The number of hydrogen-bond acceptors (Lipinski definition) is 2. The fourth-order valence-electron chi connectivity index (χ4n) is 3.17. The Balaban J connectivity index is 1.52. The lowest BCUT2D eigenvalue weighted by Gasteiger charge is -2.17. The summed E-state index contributed by atoms with van der Waals surface area (Å²) in [6.45, 7) is 0.697. The van der Waals surface area contributed by atoms with Crippen LogP contribution in [-0.2, 0) is 11.2 Å². The second-order valence-corrected chi connectivity index (χ2v) is 6.51. The molecule has 1 fully saturated rings. The van der Waals surface area contributed by atoms with Gasteiger partial charge in [-0.2, -0.15) is 0 Å². The summed E-state index contributed by atoms with van der Waals surface area (Å²) in [5.41, 5.74) is 2.50. The van der Waals surface area contributed by atoms with E-state index in [0.29, 0.717) is 24.8 Å². The molecule has 0 aromatic heterocycles. The summed E-state index contributed by atoms with van der Waals surface area (Å²) in [5, 5.41) is 3.07. The molecular weight excluding hydrogens is 298 g/mol. The van der Waals surface area contributed by atoms with E-state index in [1.165, 1.54) is 24.0 Å². The summed E-state index contributed by atoms with van der Waals surface area (Å²) >= 11 is 0. The number of methoxy groups -OCH3 is 1. The number of carbonyl (C=O) groups is 1. The average Bonchev–Trinajstić information content (AvgIpc) is 3.46. The lowest BCUT2D eigenvalue weighted by molar-refractivity contribution is -0.121. The fraction of sp³-hybridized carbons (Fsp3) is 0.381. The Labute approximate surface area is 144 Å². The van der Waals surface area contributed by atoms with Crippen LogP contribution in [0.25, 0.3) is 0 Å². The molecule has 2 aromatic carbocycles. The molecule has 3 rings (SSSR count). The van der Waals surface area contributed by atoms with Crippen molar-refractivity contribution < 1.29 is 9.53 Å². The van der Waals surface area contributed by atoms with E-state index >= 15 is 0 Å². The van der Waals surface area contributed by atoms with Crippen LogP contribution in [0, 0.1) is 5.92 Å². The quantitative estimate of drug-likeness (QED) is 0.799. The van der Waals surface area contributed by atoms with Gasteiger partial charge < -0.3 is 10.1 Å². The zero-order chi connectivity index (χ0) is 16.8. The smallest absolute Gasteiger partial charge is 0.220 e. The van der Waals surface area contributed by atoms with Crippen LogP contribution in [0.4, 0.5) is 0 Å². The van der Waals surface area contributed by atoms with E-state index in [2.05, 4.69) is 29.6 Å². The first-order chi connectivity index (χ1) is 11.8. The molecule has 3 heteroatoms. The first-order valence-electron chi connectivity index (χ1n) is 8.71. The topological polar surface area (TPSA) is 38.3 Å². The molecule has 0 spiro atoms. The molecule has 1 aliphatic carbocycles. The Hall–Kier alpha value is -2.29. The van der Waals surface area contributed by atoms with E-state index in [9.17, 15) is 4.79 Å². The van der Waals surface area contributed by atoms with Gasteiger partial charge in [0.2, 0.25) is 5.91 Å². The highest BCUT2D eigenvalue weighted by atomic mass is 16.5. The minimum Gasteiger partial charge on any atom is -0.497 e. The standard InChI is InChI=1S/C21H25NO2/c1-24-19-11-9-18(10-12-19)20(17-7-8-17)15-21(23)22-14-13-16-5-3-2-4-6-16/h2-6,9-12,17,20H,7-8,13-15H2,1H3,(H,22,23). The van der Waals surface area contributed by atoms with Gasteiger partial charge in [0, 0.05) is 13.0 Å². The summed E-state index contributed by atoms with van der Waals surface area (Å²) < 4.78 is 5.22. The van der Waals surface area contributed by atoms with Gasteiger partial charge in [-0.1, -0.05) is 42.5 Å². The van der Waals surface area contributed by atoms with E-state index in [1.54, 1.807) is 7.11 Å². The molecule has 1 unspecified atom stereocenters. The molecular formula is C21H25NO2. The molecule has 1 aliphatic rings. The number of rotatable bonds is 8. The maximum absolute atomic E-state index is 12.3. The highest BCUT2D eigenvalue weighted by molar-refractivity contribution is 5.77. The van der Waals surface area contributed by atoms with E-state index < -0.39 is 0 Å². The maximum atomic E-state index is 12.3. The number of carbonyl (C=O) groups excluding carboxylic acids is 1. The van der Waals surface area contributed by atoms with Crippen molar-refractivity contribution in [3.63, 3.8) is 0 Å². The number of hydrogen-bond donors (Lipinski definition) is 1. The van der Waals surface area contributed by atoms with Crippen LogP contribution in [0.3, 0.4) is 0 Å². The number of ether oxygens (including phenoxy) is 1. The van der Waals surface area contributed by atoms with Crippen LogP contribution in [0.15, 0.2) is 54.6 Å². The van der Waals surface area contributed by atoms with Crippen LogP contribution in [0.2, 0.25) is 0 Å². The molecule has 1 N–H and O–H groups in total. The molecule has 2 aromatic rings. The summed E-state index contributed by atoms with van der Waals surface area (Å²) in [6, 6.07) is 18.4. The van der Waals surface area contributed by atoms with E-state index in [-0.39, 0.29) is 5.91 Å². The molecule has 1 saturated carbocycles. The Kier molecular flexibility index (Phi) is 5.52. The highest BCUT2D eigenvalue weighted by Crippen LogP contribution is 2.44. The lowest BCUT2D eigenvalue weighted by Crippen LogP contribution is -2.27. The predicted molar refractivity (Wildman–Crippen MR) is 96.2 cm³/mol. The summed E-state index contributed by atoms with van der Waals surface area (Å²) in [6.07, 6.45) is 3.91. The summed E-state index contributed by atoms with van der Waals surface area (Å²) in [7, 11) is 1.67. The van der Waals surface area contributed by atoms with Crippen LogP contribution in [0.1, 0.15) is 36.3 Å². The van der Waals surface area contributed by atoms with Crippen LogP contribution >= 0.6 is 0 Å². The van der Waals surface area contributed by atoms with Gasteiger partial charge in [-0.25, -0.2) is 0 Å². The Bertz CT molecular complexity index is 647. The first-order valence-corrected chi connectivity index (χ1v) is 8.71. The molecule has 0 bridgehead atoms. The SMILES string of the molecule is COc1ccc(C(CC(=O)NCCc2ccccc2)C2CC2)cc1. The molecule has 1 atom stereocenters. The van der Waals surface area contributed by atoms with E-state index in [0.717, 1.165) is 12.2 Å². The summed E-state index contributed by atoms with van der Waals surface area (Å²) in [5.74, 6) is 1.99. The predicted octanol–water partition coefficient (Wildman–Crippen LogP) is 3.94. The Morgan fingerprint density at radius 3 is 2.46 bits per heavy atom.